The van der Waals surface area contributed by atoms with Gasteiger partial charge in [0.05, 0.1) is 11.3 Å². The second kappa shape index (κ2) is 5.01. The summed E-state index contributed by atoms with van der Waals surface area (Å²) in [4.78, 5) is 0. The van der Waals surface area contributed by atoms with E-state index >= 15 is 0 Å². The molecule has 0 aliphatic carbocycles. The van der Waals surface area contributed by atoms with Crippen molar-refractivity contribution in [2.45, 2.75) is 6.92 Å². The first-order valence-electron chi connectivity index (χ1n) is 6.43. The highest BCUT2D eigenvalue weighted by Gasteiger charge is 2.19. The zero-order valence-corrected chi connectivity index (χ0v) is 11.3. The molecule has 0 bridgehead atoms. The number of benzene rings is 2. The van der Waals surface area contributed by atoms with E-state index in [0.29, 0.717) is 22.4 Å². The Labute approximate surface area is 120 Å². The minimum Gasteiger partial charge on any atom is -0.382 e. The number of hydrogen-bond donors (Lipinski definition) is 2. The van der Waals surface area contributed by atoms with Gasteiger partial charge in [0.25, 0.3) is 0 Å². The second-order valence-corrected chi connectivity index (χ2v) is 4.80. The minimum atomic E-state index is -0.402. The van der Waals surface area contributed by atoms with E-state index in [9.17, 15) is 8.78 Å². The van der Waals surface area contributed by atoms with Gasteiger partial charge in [-0.1, -0.05) is 24.3 Å². The fourth-order valence-corrected chi connectivity index (χ4v) is 2.35. The van der Waals surface area contributed by atoms with Crippen molar-refractivity contribution in [3.63, 3.8) is 0 Å². The zero-order valence-electron chi connectivity index (χ0n) is 11.3. The number of aromatic amines is 1. The van der Waals surface area contributed by atoms with E-state index in [4.69, 9.17) is 5.73 Å². The molecule has 3 rings (SSSR count). The maximum absolute atomic E-state index is 14.0. The molecule has 3 aromatic rings. The van der Waals surface area contributed by atoms with Crippen LogP contribution < -0.4 is 5.73 Å². The van der Waals surface area contributed by atoms with Crippen molar-refractivity contribution in [2.24, 2.45) is 0 Å². The number of nitrogens with one attached hydrogen (secondary N) is 1. The second-order valence-electron chi connectivity index (χ2n) is 4.80. The van der Waals surface area contributed by atoms with Gasteiger partial charge in [-0.15, -0.1) is 0 Å². The van der Waals surface area contributed by atoms with Crippen LogP contribution in [0.25, 0.3) is 22.4 Å². The summed E-state index contributed by atoms with van der Waals surface area (Å²) in [6, 6.07) is 10.7. The predicted molar refractivity (Wildman–Crippen MR) is 78.5 cm³/mol. The predicted octanol–water partition coefficient (Wildman–Crippen LogP) is 3.91. The monoisotopic (exact) mass is 285 g/mol. The minimum absolute atomic E-state index is 0.179. The van der Waals surface area contributed by atoms with Gasteiger partial charge in [0.15, 0.2) is 5.82 Å². The van der Waals surface area contributed by atoms with Crippen LogP contribution in [0.5, 0.6) is 0 Å². The third kappa shape index (κ3) is 2.27. The lowest BCUT2D eigenvalue weighted by molar-refractivity contribution is 0.628. The highest BCUT2D eigenvalue weighted by Crippen LogP contribution is 2.37. The topological polar surface area (TPSA) is 54.7 Å². The normalized spacial score (nSPS) is 10.8. The van der Waals surface area contributed by atoms with Gasteiger partial charge < -0.3 is 5.73 Å². The molecular weight excluding hydrogens is 272 g/mol. The maximum Gasteiger partial charge on any atom is 0.153 e. The third-order valence-corrected chi connectivity index (χ3v) is 3.41. The van der Waals surface area contributed by atoms with Crippen molar-refractivity contribution in [2.75, 3.05) is 5.73 Å². The lowest BCUT2D eigenvalue weighted by atomic mass is 9.97. The third-order valence-electron chi connectivity index (χ3n) is 3.41. The summed E-state index contributed by atoms with van der Waals surface area (Å²) in [5, 5.41) is 6.72. The number of rotatable bonds is 2. The van der Waals surface area contributed by atoms with Crippen LogP contribution in [0.1, 0.15) is 5.56 Å². The summed E-state index contributed by atoms with van der Waals surface area (Å²) >= 11 is 0. The molecule has 0 saturated heterocycles. The van der Waals surface area contributed by atoms with Gasteiger partial charge in [-0.25, -0.2) is 8.78 Å². The molecule has 0 amide bonds. The molecule has 0 spiro atoms. The van der Waals surface area contributed by atoms with Crippen LogP contribution in [0.3, 0.4) is 0 Å². The first-order chi connectivity index (χ1) is 10.1. The van der Waals surface area contributed by atoms with Gasteiger partial charge >= 0.3 is 0 Å². The van der Waals surface area contributed by atoms with E-state index in [1.807, 2.05) is 6.92 Å². The van der Waals surface area contributed by atoms with Gasteiger partial charge in [-0.05, 0) is 30.7 Å². The molecule has 2 aromatic carbocycles. The molecule has 1 heterocycles. The van der Waals surface area contributed by atoms with E-state index in [2.05, 4.69) is 10.2 Å². The Morgan fingerprint density at radius 1 is 1.05 bits per heavy atom. The highest BCUT2D eigenvalue weighted by atomic mass is 19.1. The summed E-state index contributed by atoms with van der Waals surface area (Å²) in [7, 11) is 0. The number of hydrogen-bond acceptors (Lipinski definition) is 2. The molecule has 3 N–H and O–H groups in total. The van der Waals surface area contributed by atoms with Crippen LogP contribution in [0.4, 0.5) is 14.6 Å². The van der Waals surface area contributed by atoms with Crippen LogP contribution in [0.2, 0.25) is 0 Å². The number of aryl methyl sites for hydroxylation is 1. The van der Waals surface area contributed by atoms with Gasteiger partial charge in [0.2, 0.25) is 0 Å². The summed E-state index contributed by atoms with van der Waals surface area (Å²) in [6.07, 6.45) is 0. The van der Waals surface area contributed by atoms with Crippen molar-refractivity contribution in [3.05, 3.63) is 59.7 Å². The van der Waals surface area contributed by atoms with Gasteiger partial charge in [-0.3, -0.25) is 5.10 Å². The highest BCUT2D eigenvalue weighted by molar-refractivity contribution is 5.88. The molecule has 0 aliphatic heterocycles. The molecule has 1 aromatic heterocycles. The summed E-state index contributed by atoms with van der Waals surface area (Å²) < 4.78 is 27.6. The van der Waals surface area contributed by atoms with Crippen molar-refractivity contribution in [1.29, 1.82) is 0 Å². The van der Waals surface area contributed by atoms with Gasteiger partial charge in [0, 0.05) is 11.1 Å². The number of nitrogen functional groups attached to an aromatic ring is 1. The average molecular weight is 285 g/mol. The number of aromatic nitrogens is 2. The lowest BCUT2D eigenvalue weighted by Gasteiger charge is -2.08. The summed E-state index contributed by atoms with van der Waals surface area (Å²) in [6.45, 7) is 1.84. The number of anilines is 1. The SMILES string of the molecule is Cc1ccc(F)cc1-c1[nH]nc(N)c1-c1ccccc1F. The largest absolute Gasteiger partial charge is 0.382 e. The number of nitrogens with zero attached hydrogens (tertiary/aromatic N) is 1. The summed E-state index contributed by atoms with van der Waals surface area (Å²) in [5.74, 6) is -0.595. The van der Waals surface area contributed by atoms with Crippen LogP contribution >= 0.6 is 0 Å². The molecule has 0 unspecified atom stereocenters. The number of nitrogens with two attached hydrogens (primary N) is 1. The molecule has 0 aliphatic rings. The van der Waals surface area contributed by atoms with E-state index in [1.165, 1.54) is 18.2 Å². The smallest absolute Gasteiger partial charge is 0.153 e. The van der Waals surface area contributed by atoms with E-state index < -0.39 is 5.82 Å². The standard InChI is InChI=1S/C16H13F2N3/c1-9-6-7-10(17)8-12(9)15-14(16(19)21-20-15)11-4-2-3-5-13(11)18/h2-8H,1H3,(H3,19,20,21). The molecule has 0 saturated carbocycles. The molecule has 0 atom stereocenters. The van der Waals surface area contributed by atoms with Crippen molar-refractivity contribution in [1.82, 2.24) is 10.2 Å². The Morgan fingerprint density at radius 3 is 2.57 bits per heavy atom. The first kappa shape index (κ1) is 13.3. The molecule has 0 radical (unpaired) electrons. The maximum atomic E-state index is 14.0. The van der Waals surface area contributed by atoms with Crippen molar-refractivity contribution < 1.29 is 8.78 Å². The molecule has 0 fully saturated rings. The average Bonchev–Trinajstić information content (AvgIpc) is 2.84. The number of H-pyrrole nitrogens is 1. The van der Waals surface area contributed by atoms with Crippen LogP contribution in [0.15, 0.2) is 42.5 Å². The first-order valence-corrected chi connectivity index (χ1v) is 6.43. The van der Waals surface area contributed by atoms with E-state index in [0.717, 1.165) is 5.56 Å². The molecule has 5 heteroatoms. The Morgan fingerprint density at radius 2 is 1.81 bits per heavy atom. The molecular formula is C16H13F2N3. The lowest BCUT2D eigenvalue weighted by Crippen LogP contribution is -1.93. The molecule has 3 nitrogen and oxygen atoms in total. The van der Waals surface area contributed by atoms with Crippen LogP contribution in [-0.4, -0.2) is 10.2 Å². The van der Waals surface area contributed by atoms with E-state index in [1.54, 1.807) is 24.3 Å². The van der Waals surface area contributed by atoms with Crippen molar-refractivity contribution >= 4 is 5.82 Å². The quantitative estimate of drug-likeness (QED) is 0.750. The zero-order chi connectivity index (χ0) is 15.0. The Balaban J connectivity index is 2.27. The Bertz CT molecular complexity index is 809. The Kier molecular flexibility index (Phi) is 3.17. The van der Waals surface area contributed by atoms with Crippen LogP contribution in [-0.2, 0) is 0 Å². The van der Waals surface area contributed by atoms with E-state index in [-0.39, 0.29) is 11.6 Å². The van der Waals surface area contributed by atoms with Crippen LogP contribution in [0, 0.1) is 18.6 Å². The van der Waals surface area contributed by atoms with Gasteiger partial charge in [-0.2, -0.15) is 5.10 Å². The fourth-order valence-electron chi connectivity index (χ4n) is 2.35. The molecule has 106 valence electrons. The Hall–Kier alpha value is -2.69. The fraction of sp³-hybridized carbons (Fsp3) is 0.0625. The van der Waals surface area contributed by atoms with Crippen molar-refractivity contribution in [3.8, 4) is 22.4 Å². The number of halogens is 2. The van der Waals surface area contributed by atoms with Gasteiger partial charge in [0.1, 0.15) is 11.6 Å². The molecule has 21 heavy (non-hydrogen) atoms. The summed E-state index contributed by atoms with van der Waals surface area (Å²) in [5.41, 5.74) is 8.61.